The molecule has 0 aromatic heterocycles. The number of hydrogen-bond donors (Lipinski definition) is 0. The van der Waals surface area contributed by atoms with E-state index in [1.54, 1.807) is 0 Å². The Kier molecular flexibility index (Phi) is 6.84. The van der Waals surface area contributed by atoms with Crippen LogP contribution in [0.2, 0.25) is 0 Å². The Bertz CT molecular complexity index is 222. The second-order valence-corrected chi connectivity index (χ2v) is 5.87. The van der Waals surface area contributed by atoms with Crippen LogP contribution >= 0.6 is 0 Å². The molecule has 0 aliphatic heterocycles. The number of rotatable bonds is 8. The number of ketones is 1. The maximum absolute atomic E-state index is 12.2. The molecule has 3 atom stereocenters. The van der Waals surface area contributed by atoms with Crippen LogP contribution in [-0.2, 0) is 4.79 Å². The van der Waals surface area contributed by atoms with E-state index >= 15 is 0 Å². The summed E-state index contributed by atoms with van der Waals surface area (Å²) in [4.78, 5) is 12.2. The highest BCUT2D eigenvalue weighted by molar-refractivity contribution is 5.81. The van der Waals surface area contributed by atoms with Gasteiger partial charge in [-0.1, -0.05) is 52.9 Å². The zero-order valence-electron chi connectivity index (χ0n) is 12.0. The molecule has 0 N–H and O–H groups in total. The highest BCUT2D eigenvalue weighted by Crippen LogP contribution is 2.35. The fourth-order valence-electron chi connectivity index (χ4n) is 3.13. The lowest BCUT2D eigenvalue weighted by atomic mass is 9.88. The lowest BCUT2D eigenvalue weighted by Crippen LogP contribution is -2.16. The molecule has 100 valence electrons. The zero-order valence-corrected chi connectivity index (χ0v) is 12.0. The van der Waals surface area contributed by atoms with Crippen LogP contribution in [0, 0.1) is 17.8 Å². The Balaban J connectivity index is 2.32. The van der Waals surface area contributed by atoms with Crippen molar-refractivity contribution in [2.24, 2.45) is 17.8 Å². The summed E-state index contributed by atoms with van der Waals surface area (Å²) in [5.41, 5.74) is 0. The summed E-state index contributed by atoms with van der Waals surface area (Å²) >= 11 is 0. The smallest absolute Gasteiger partial charge is 0.136 e. The SMILES string of the molecule is CCCCC(CC)CC(=O)C1CCC(CC)C1. The monoisotopic (exact) mass is 238 g/mol. The second-order valence-electron chi connectivity index (χ2n) is 5.87. The van der Waals surface area contributed by atoms with E-state index in [0.29, 0.717) is 17.6 Å². The van der Waals surface area contributed by atoms with Crippen LogP contribution in [0.25, 0.3) is 0 Å². The highest BCUT2D eigenvalue weighted by atomic mass is 16.1. The first-order valence-corrected chi connectivity index (χ1v) is 7.73. The van der Waals surface area contributed by atoms with Gasteiger partial charge in [0.25, 0.3) is 0 Å². The van der Waals surface area contributed by atoms with Crippen LogP contribution in [0.1, 0.15) is 78.6 Å². The summed E-state index contributed by atoms with van der Waals surface area (Å²) in [6.45, 7) is 6.72. The molecule has 1 rings (SSSR count). The first kappa shape index (κ1) is 14.7. The molecule has 1 aliphatic rings. The van der Waals surface area contributed by atoms with E-state index < -0.39 is 0 Å². The predicted molar refractivity (Wildman–Crippen MR) is 74.1 cm³/mol. The van der Waals surface area contributed by atoms with Crippen LogP contribution in [0.3, 0.4) is 0 Å². The van der Waals surface area contributed by atoms with Gasteiger partial charge in [-0.05, 0) is 31.1 Å². The third kappa shape index (κ3) is 4.81. The summed E-state index contributed by atoms with van der Waals surface area (Å²) in [5.74, 6) is 2.47. The lowest BCUT2D eigenvalue weighted by molar-refractivity contribution is -0.123. The molecule has 0 aromatic rings. The van der Waals surface area contributed by atoms with Crippen molar-refractivity contribution in [1.82, 2.24) is 0 Å². The average molecular weight is 238 g/mol. The molecule has 17 heavy (non-hydrogen) atoms. The molecule has 0 aromatic carbocycles. The Morgan fingerprint density at radius 2 is 2.00 bits per heavy atom. The summed E-state index contributed by atoms with van der Waals surface area (Å²) in [6, 6.07) is 0. The zero-order chi connectivity index (χ0) is 12.7. The molecular formula is C16H30O. The van der Waals surface area contributed by atoms with Gasteiger partial charge in [-0.15, -0.1) is 0 Å². The lowest BCUT2D eigenvalue weighted by Gasteiger charge is -2.16. The van der Waals surface area contributed by atoms with Crippen molar-refractivity contribution >= 4 is 5.78 Å². The molecular weight excluding hydrogens is 208 g/mol. The molecule has 0 radical (unpaired) electrons. The third-order valence-electron chi connectivity index (χ3n) is 4.61. The Hall–Kier alpha value is -0.330. The summed E-state index contributed by atoms with van der Waals surface area (Å²) < 4.78 is 0. The topological polar surface area (TPSA) is 17.1 Å². The van der Waals surface area contributed by atoms with Gasteiger partial charge in [-0.25, -0.2) is 0 Å². The predicted octanol–water partition coefficient (Wildman–Crippen LogP) is 4.99. The van der Waals surface area contributed by atoms with Crippen molar-refractivity contribution in [3.8, 4) is 0 Å². The second kappa shape index (κ2) is 7.89. The van der Waals surface area contributed by atoms with Gasteiger partial charge in [0, 0.05) is 12.3 Å². The van der Waals surface area contributed by atoms with Gasteiger partial charge in [0.15, 0.2) is 0 Å². The Morgan fingerprint density at radius 1 is 1.24 bits per heavy atom. The molecule has 1 fully saturated rings. The number of unbranched alkanes of at least 4 members (excludes halogenated alkanes) is 1. The molecule has 0 spiro atoms. The number of carbonyl (C=O) groups excluding carboxylic acids is 1. The van der Waals surface area contributed by atoms with Crippen LogP contribution < -0.4 is 0 Å². The minimum Gasteiger partial charge on any atom is -0.299 e. The van der Waals surface area contributed by atoms with E-state index in [9.17, 15) is 4.79 Å². The van der Waals surface area contributed by atoms with Crippen LogP contribution in [0.5, 0.6) is 0 Å². The Labute approximate surface area is 107 Å². The fraction of sp³-hybridized carbons (Fsp3) is 0.938. The number of carbonyl (C=O) groups is 1. The van der Waals surface area contributed by atoms with Gasteiger partial charge in [-0.2, -0.15) is 0 Å². The van der Waals surface area contributed by atoms with E-state index in [2.05, 4.69) is 20.8 Å². The van der Waals surface area contributed by atoms with E-state index in [4.69, 9.17) is 0 Å². The number of hydrogen-bond acceptors (Lipinski definition) is 1. The van der Waals surface area contributed by atoms with Gasteiger partial charge in [0.05, 0.1) is 0 Å². The van der Waals surface area contributed by atoms with E-state index in [1.165, 1.54) is 51.4 Å². The van der Waals surface area contributed by atoms with Crippen molar-refractivity contribution in [3.63, 3.8) is 0 Å². The van der Waals surface area contributed by atoms with Crippen molar-refractivity contribution in [2.75, 3.05) is 0 Å². The molecule has 1 aliphatic carbocycles. The van der Waals surface area contributed by atoms with Gasteiger partial charge >= 0.3 is 0 Å². The molecule has 0 heterocycles. The first-order chi connectivity index (χ1) is 8.21. The third-order valence-corrected chi connectivity index (χ3v) is 4.61. The average Bonchev–Trinajstić information content (AvgIpc) is 2.83. The molecule has 1 heteroatoms. The van der Waals surface area contributed by atoms with Crippen molar-refractivity contribution < 1.29 is 4.79 Å². The van der Waals surface area contributed by atoms with Crippen LogP contribution in [0.15, 0.2) is 0 Å². The van der Waals surface area contributed by atoms with E-state index in [1.807, 2.05) is 0 Å². The molecule has 0 bridgehead atoms. The van der Waals surface area contributed by atoms with Gasteiger partial charge < -0.3 is 0 Å². The van der Waals surface area contributed by atoms with E-state index in [0.717, 1.165) is 12.3 Å². The molecule has 1 nitrogen and oxygen atoms in total. The van der Waals surface area contributed by atoms with Crippen molar-refractivity contribution in [2.45, 2.75) is 78.6 Å². The molecule has 0 amide bonds. The quantitative estimate of drug-likeness (QED) is 0.582. The maximum Gasteiger partial charge on any atom is 0.136 e. The highest BCUT2D eigenvalue weighted by Gasteiger charge is 2.29. The van der Waals surface area contributed by atoms with E-state index in [-0.39, 0.29) is 0 Å². The normalized spacial score (nSPS) is 26.1. The number of Topliss-reactive ketones (excluding diaryl/α,β-unsaturated/α-hetero) is 1. The first-order valence-electron chi connectivity index (χ1n) is 7.73. The van der Waals surface area contributed by atoms with Gasteiger partial charge in [0.2, 0.25) is 0 Å². The minimum atomic E-state index is 0.413. The maximum atomic E-state index is 12.2. The minimum absolute atomic E-state index is 0.413. The summed E-state index contributed by atoms with van der Waals surface area (Å²) in [5, 5.41) is 0. The summed E-state index contributed by atoms with van der Waals surface area (Å²) in [7, 11) is 0. The largest absolute Gasteiger partial charge is 0.299 e. The van der Waals surface area contributed by atoms with Crippen LogP contribution in [0.4, 0.5) is 0 Å². The Morgan fingerprint density at radius 3 is 2.53 bits per heavy atom. The van der Waals surface area contributed by atoms with Crippen molar-refractivity contribution in [1.29, 1.82) is 0 Å². The fourth-order valence-corrected chi connectivity index (χ4v) is 3.13. The van der Waals surface area contributed by atoms with Gasteiger partial charge in [-0.3, -0.25) is 4.79 Å². The van der Waals surface area contributed by atoms with Crippen molar-refractivity contribution in [3.05, 3.63) is 0 Å². The summed E-state index contributed by atoms with van der Waals surface area (Å²) in [6.07, 6.45) is 10.7. The molecule has 1 saturated carbocycles. The van der Waals surface area contributed by atoms with Gasteiger partial charge in [0.1, 0.15) is 5.78 Å². The van der Waals surface area contributed by atoms with Crippen LogP contribution in [-0.4, -0.2) is 5.78 Å². The standard InChI is InChI=1S/C16H30O/c1-4-7-8-13(5-2)12-16(17)15-10-9-14(6-3)11-15/h13-15H,4-12H2,1-3H3. The molecule has 0 saturated heterocycles. The molecule has 3 unspecified atom stereocenters.